The van der Waals surface area contributed by atoms with Crippen molar-refractivity contribution >= 4 is 23.2 Å². The first kappa shape index (κ1) is 18.9. The number of hydrogen-bond acceptors (Lipinski definition) is 3. The smallest absolute Gasteiger partial charge is 0.262 e. The van der Waals surface area contributed by atoms with E-state index in [1.54, 1.807) is 12.1 Å². The minimum atomic E-state index is -0.232. The predicted octanol–water partition coefficient (Wildman–Crippen LogP) is 5.08. The van der Waals surface area contributed by atoms with Gasteiger partial charge >= 0.3 is 0 Å². The van der Waals surface area contributed by atoms with Crippen molar-refractivity contribution in [2.45, 2.75) is 6.92 Å². The quantitative estimate of drug-likeness (QED) is 0.488. The maximum Gasteiger partial charge on any atom is 0.262 e. The van der Waals surface area contributed by atoms with Gasteiger partial charge < -0.3 is 10.1 Å². The fourth-order valence-corrected chi connectivity index (χ4v) is 2.64. The van der Waals surface area contributed by atoms with Crippen LogP contribution in [-0.4, -0.2) is 12.5 Å². The molecule has 138 valence electrons. The normalized spacial score (nSPS) is 10.8. The molecule has 0 fully saturated rings. The van der Waals surface area contributed by atoms with Gasteiger partial charge in [0.2, 0.25) is 0 Å². The number of allylic oxidation sites excluding steroid dienone is 1. The molecule has 0 aliphatic carbocycles. The molecule has 0 radical (unpaired) electrons. The molecule has 0 atom stereocenters. The number of amides is 1. The fraction of sp³-hybridized carbons (Fsp3) is 0.0833. The average molecular weight is 368 g/mol. The molecule has 0 heterocycles. The van der Waals surface area contributed by atoms with Crippen LogP contribution in [-0.2, 0) is 4.79 Å². The average Bonchev–Trinajstić information content (AvgIpc) is 2.72. The number of nitriles is 1. The minimum absolute atomic E-state index is 0.0921. The van der Waals surface area contributed by atoms with Gasteiger partial charge in [-0.3, -0.25) is 4.79 Å². The molecule has 0 unspecified atom stereocenters. The summed E-state index contributed by atoms with van der Waals surface area (Å²) in [7, 11) is 0. The van der Waals surface area contributed by atoms with Crippen LogP contribution in [0.4, 0.5) is 5.69 Å². The van der Waals surface area contributed by atoms with Gasteiger partial charge in [-0.05, 0) is 48.4 Å². The molecule has 0 aliphatic rings. The van der Waals surface area contributed by atoms with E-state index in [0.717, 1.165) is 22.4 Å². The van der Waals surface area contributed by atoms with Crippen LogP contribution in [0.3, 0.4) is 0 Å². The molecule has 0 saturated heterocycles. The lowest BCUT2D eigenvalue weighted by atomic mass is 10.0. The van der Waals surface area contributed by atoms with E-state index >= 15 is 0 Å². The van der Waals surface area contributed by atoms with E-state index in [1.807, 2.05) is 79.7 Å². The number of nitrogens with one attached hydrogen (secondary N) is 1. The molecule has 0 aliphatic heterocycles. The third-order valence-corrected chi connectivity index (χ3v) is 4.08. The Labute approximate surface area is 164 Å². The standard InChI is InChI=1S/C24H20N2O2/c1-18-10-12-20(13-11-18)21(16-25)14-19-6-5-9-23(15-19)28-17-24(27)26-22-7-3-2-4-8-22/h2-15H,17H2,1H3,(H,26,27)/b21-14+. The molecule has 3 rings (SSSR count). The fourth-order valence-electron chi connectivity index (χ4n) is 2.64. The Balaban J connectivity index is 1.67. The zero-order chi connectivity index (χ0) is 19.8. The van der Waals surface area contributed by atoms with Gasteiger partial charge in [0.05, 0.1) is 11.6 Å². The molecule has 0 saturated carbocycles. The first-order valence-corrected chi connectivity index (χ1v) is 8.90. The van der Waals surface area contributed by atoms with Crippen molar-refractivity contribution in [3.05, 3.63) is 95.6 Å². The zero-order valence-corrected chi connectivity index (χ0v) is 15.6. The van der Waals surface area contributed by atoms with E-state index in [1.165, 1.54) is 0 Å². The van der Waals surface area contributed by atoms with Gasteiger partial charge in [-0.25, -0.2) is 0 Å². The first-order valence-electron chi connectivity index (χ1n) is 8.90. The number of ether oxygens (including phenoxy) is 1. The largest absolute Gasteiger partial charge is 0.484 e. The van der Waals surface area contributed by atoms with E-state index < -0.39 is 0 Å². The number of carbonyl (C=O) groups excluding carboxylic acids is 1. The Morgan fingerprint density at radius 3 is 2.50 bits per heavy atom. The summed E-state index contributed by atoms with van der Waals surface area (Å²) in [6.45, 7) is 1.92. The lowest BCUT2D eigenvalue weighted by Crippen LogP contribution is -2.20. The SMILES string of the molecule is Cc1ccc(/C(C#N)=C/c2cccc(OCC(=O)Nc3ccccc3)c2)cc1. The van der Waals surface area contributed by atoms with E-state index in [9.17, 15) is 10.1 Å². The van der Waals surface area contributed by atoms with Crippen LogP contribution in [0.25, 0.3) is 11.6 Å². The van der Waals surface area contributed by atoms with Gasteiger partial charge in [0.15, 0.2) is 6.61 Å². The molecule has 3 aromatic rings. The highest BCUT2D eigenvalue weighted by molar-refractivity contribution is 5.92. The lowest BCUT2D eigenvalue weighted by Gasteiger charge is -2.08. The molecule has 4 heteroatoms. The van der Waals surface area contributed by atoms with Crippen molar-refractivity contribution in [2.75, 3.05) is 11.9 Å². The third-order valence-electron chi connectivity index (χ3n) is 4.08. The molecule has 3 aromatic carbocycles. The molecule has 0 spiro atoms. The molecule has 1 N–H and O–H groups in total. The summed E-state index contributed by atoms with van der Waals surface area (Å²) in [5, 5.41) is 12.3. The maximum atomic E-state index is 12.0. The maximum absolute atomic E-state index is 12.0. The van der Waals surface area contributed by atoms with E-state index in [0.29, 0.717) is 11.3 Å². The molecule has 0 bridgehead atoms. The minimum Gasteiger partial charge on any atom is -0.484 e. The van der Waals surface area contributed by atoms with Crippen LogP contribution >= 0.6 is 0 Å². The van der Waals surface area contributed by atoms with Gasteiger partial charge in [0, 0.05) is 5.69 Å². The van der Waals surface area contributed by atoms with Crippen molar-refractivity contribution in [1.29, 1.82) is 5.26 Å². The van der Waals surface area contributed by atoms with Gasteiger partial charge in [0.1, 0.15) is 5.75 Å². The van der Waals surface area contributed by atoms with Crippen molar-refractivity contribution in [2.24, 2.45) is 0 Å². The number of aryl methyl sites for hydroxylation is 1. The van der Waals surface area contributed by atoms with E-state index in [-0.39, 0.29) is 12.5 Å². The van der Waals surface area contributed by atoms with Crippen LogP contribution < -0.4 is 10.1 Å². The Kier molecular flexibility index (Phi) is 6.22. The van der Waals surface area contributed by atoms with Crippen LogP contribution in [0.5, 0.6) is 5.75 Å². The highest BCUT2D eigenvalue weighted by Crippen LogP contribution is 2.21. The summed E-state index contributed by atoms with van der Waals surface area (Å²) in [6.07, 6.45) is 1.81. The second kappa shape index (κ2) is 9.20. The van der Waals surface area contributed by atoms with Crippen LogP contribution in [0, 0.1) is 18.3 Å². The lowest BCUT2D eigenvalue weighted by molar-refractivity contribution is -0.118. The summed E-state index contributed by atoms with van der Waals surface area (Å²) >= 11 is 0. The Morgan fingerprint density at radius 2 is 1.79 bits per heavy atom. The van der Waals surface area contributed by atoms with E-state index in [2.05, 4.69) is 11.4 Å². The molecule has 0 aromatic heterocycles. The Hall–Kier alpha value is -3.84. The summed E-state index contributed by atoms with van der Waals surface area (Å²) in [5.41, 5.74) is 4.13. The molecule has 28 heavy (non-hydrogen) atoms. The number of rotatable bonds is 6. The van der Waals surface area contributed by atoms with Crippen LogP contribution in [0.1, 0.15) is 16.7 Å². The van der Waals surface area contributed by atoms with Crippen molar-refractivity contribution < 1.29 is 9.53 Å². The van der Waals surface area contributed by atoms with Crippen molar-refractivity contribution in [3.8, 4) is 11.8 Å². The van der Waals surface area contributed by atoms with Gasteiger partial charge in [-0.2, -0.15) is 5.26 Å². The van der Waals surface area contributed by atoms with Gasteiger partial charge in [-0.1, -0.05) is 60.2 Å². The monoisotopic (exact) mass is 368 g/mol. The third kappa shape index (κ3) is 5.33. The van der Waals surface area contributed by atoms with Crippen molar-refractivity contribution in [1.82, 2.24) is 0 Å². The Morgan fingerprint density at radius 1 is 1.04 bits per heavy atom. The number of nitrogens with zero attached hydrogens (tertiary/aromatic N) is 1. The summed E-state index contributed by atoms with van der Waals surface area (Å²) in [4.78, 5) is 12.0. The summed E-state index contributed by atoms with van der Waals surface area (Å²) < 4.78 is 5.59. The second-order valence-corrected chi connectivity index (χ2v) is 6.31. The molecule has 1 amide bonds. The second-order valence-electron chi connectivity index (χ2n) is 6.31. The van der Waals surface area contributed by atoms with Gasteiger partial charge in [-0.15, -0.1) is 0 Å². The van der Waals surface area contributed by atoms with Crippen molar-refractivity contribution in [3.63, 3.8) is 0 Å². The first-order chi connectivity index (χ1) is 13.6. The topological polar surface area (TPSA) is 62.1 Å². The number of benzene rings is 3. The number of para-hydroxylation sites is 1. The highest BCUT2D eigenvalue weighted by atomic mass is 16.5. The Bertz CT molecular complexity index is 1020. The number of carbonyl (C=O) groups is 1. The number of hydrogen-bond donors (Lipinski definition) is 1. The molecule has 4 nitrogen and oxygen atoms in total. The predicted molar refractivity (Wildman–Crippen MR) is 112 cm³/mol. The molecular weight excluding hydrogens is 348 g/mol. The van der Waals surface area contributed by atoms with Gasteiger partial charge in [0.25, 0.3) is 5.91 Å². The number of anilines is 1. The van der Waals surface area contributed by atoms with Crippen LogP contribution in [0.15, 0.2) is 78.9 Å². The van der Waals surface area contributed by atoms with E-state index in [4.69, 9.17) is 4.74 Å². The zero-order valence-electron chi connectivity index (χ0n) is 15.6. The summed E-state index contributed by atoms with van der Waals surface area (Å²) in [6, 6.07) is 26.6. The highest BCUT2D eigenvalue weighted by Gasteiger charge is 2.05. The summed E-state index contributed by atoms with van der Waals surface area (Å²) in [5.74, 6) is 0.336. The molecular formula is C24H20N2O2. The van der Waals surface area contributed by atoms with Crippen LogP contribution in [0.2, 0.25) is 0 Å².